The number of nitrogens with one attached hydrogen (secondary N) is 1. The van der Waals surface area contributed by atoms with Gasteiger partial charge in [-0.05, 0) is 19.1 Å². The Hall–Kier alpha value is -2.63. The number of aromatic nitrogens is 1. The minimum atomic E-state index is -1.16. The van der Waals surface area contributed by atoms with Crippen LogP contribution in [0.1, 0.15) is 26.4 Å². The molecule has 0 radical (unpaired) electrons. The summed E-state index contributed by atoms with van der Waals surface area (Å²) in [5, 5.41) is 11.4. The van der Waals surface area contributed by atoms with Gasteiger partial charge in [-0.1, -0.05) is 12.1 Å². The van der Waals surface area contributed by atoms with E-state index in [-0.39, 0.29) is 17.1 Å². The molecule has 6 heteroatoms. The molecule has 0 bridgehead atoms. The molecule has 0 saturated carbocycles. The van der Waals surface area contributed by atoms with Crippen molar-refractivity contribution in [1.29, 1.82) is 0 Å². The van der Waals surface area contributed by atoms with E-state index in [4.69, 9.17) is 9.52 Å². The quantitative estimate of drug-likeness (QED) is 0.863. The molecule has 0 fully saturated rings. The fraction of sp³-hybridized carbons (Fsp3) is 0.0833. The van der Waals surface area contributed by atoms with Crippen molar-refractivity contribution in [3.8, 4) is 0 Å². The van der Waals surface area contributed by atoms with Crippen LogP contribution >= 0.6 is 0 Å². The van der Waals surface area contributed by atoms with Gasteiger partial charge in [-0.15, -0.1) is 0 Å². The minimum Gasteiger partial charge on any atom is -0.478 e. The van der Waals surface area contributed by atoms with Gasteiger partial charge in [0.25, 0.3) is 5.91 Å². The predicted molar refractivity (Wildman–Crippen MR) is 62.6 cm³/mol. The lowest BCUT2D eigenvalue weighted by molar-refractivity contribution is 0.0692. The molecule has 0 atom stereocenters. The number of nitrogens with zero attached hydrogens (tertiary/aromatic N) is 1. The molecule has 0 saturated heterocycles. The predicted octanol–water partition coefficient (Wildman–Crippen LogP) is 1.93. The maximum Gasteiger partial charge on any atom is 0.336 e. The highest BCUT2D eigenvalue weighted by Gasteiger charge is 2.17. The molecular formula is C12H10N2O4. The molecule has 0 spiro atoms. The molecule has 2 aromatic rings. The summed E-state index contributed by atoms with van der Waals surface area (Å²) in [6, 6.07) is 5.96. The molecule has 2 N–H and O–H groups in total. The molecule has 0 aliphatic rings. The number of carbonyl (C=O) groups excluding carboxylic acids is 1. The summed E-state index contributed by atoms with van der Waals surface area (Å²) in [5.74, 6) is -1.74. The van der Waals surface area contributed by atoms with Crippen molar-refractivity contribution < 1.29 is 19.1 Å². The van der Waals surface area contributed by atoms with E-state index >= 15 is 0 Å². The van der Waals surface area contributed by atoms with Crippen LogP contribution in [0.2, 0.25) is 0 Å². The largest absolute Gasteiger partial charge is 0.478 e. The molecule has 92 valence electrons. The van der Waals surface area contributed by atoms with Crippen LogP contribution < -0.4 is 5.32 Å². The fourth-order valence-electron chi connectivity index (χ4n) is 1.44. The van der Waals surface area contributed by atoms with Crippen molar-refractivity contribution in [2.45, 2.75) is 6.92 Å². The zero-order valence-corrected chi connectivity index (χ0v) is 9.51. The normalized spacial score (nSPS) is 10.1. The van der Waals surface area contributed by atoms with E-state index in [0.29, 0.717) is 5.69 Å². The van der Waals surface area contributed by atoms with Crippen molar-refractivity contribution in [2.24, 2.45) is 0 Å². The maximum atomic E-state index is 11.9. The highest BCUT2D eigenvalue weighted by Crippen LogP contribution is 2.12. The van der Waals surface area contributed by atoms with Gasteiger partial charge >= 0.3 is 12.0 Å². The lowest BCUT2D eigenvalue weighted by Gasteiger charge is -2.04. The second kappa shape index (κ2) is 4.70. The molecule has 1 aromatic heterocycles. The number of benzene rings is 1. The number of amides is 1. The molecule has 0 unspecified atom stereocenters. The van der Waals surface area contributed by atoms with Crippen molar-refractivity contribution in [3.05, 3.63) is 47.3 Å². The van der Waals surface area contributed by atoms with Gasteiger partial charge in [0.2, 0.25) is 0 Å². The van der Waals surface area contributed by atoms with Crippen LogP contribution in [-0.2, 0) is 0 Å². The first-order chi connectivity index (χ1) is 8.58. The summed E-state index contributed by atoms with van der Waals surface area (Å²) < 4.78 is 4.97. The smallest absolute Gasteiger partial charge is 0.336 e. The van der Waals surface area contributed by atoms with E-state index in [1.54, 1.807) is 19.1 Å². The molecule has 1 amide bonds. The second-order valence-electron chi connectivity index (χ2n) is 3.60. The molecule has 6 nitrogen and oxygen atoms in total. The first-order valence-electron chi connectivity index (χ1n) is 5.13. The number of aryl methyl sites for hydroxylation is 1. The van der Waals surface area contributed by atoms with Crippen LogP contribution in [-0.4, -0.2) is 22.0 Å². The Bertz CT molecular complexity index is 604. The van der Waals surface area contributed by atoms with E-state index in [9.17, 15) is 9.59 Å². The number of oxazole rings is 1. The first kappa shape index (κ1) is 11.8. The molecule has 0 aliphatic heterocycles. The van der Waals surface area contributed by atoms with Crippen molar-refractivity contribution in [3.63, 3.8) is 0 Å². The van der Waals surface area contributed by atoms with Crippen molar-refractivity contribution in [2.75, 3.05) is 5.32 Å². The zero-order valence-electron chi connectivity index (χ0n) is 9.51. The third-order valence-corrected chi connectivity index (χ3v) is 2.24. The third-order valence-electron chi connectivity index (χ3n) is 2.24. The van der Waals surface area contributed by atoms with Gasteiger partial charge in [-0.25, -0.2) is 4.79 Å². The highest BCUT2D eigenvalue weighted by molar-refractivity contribution is 6.09. The van der Waals surface area contributed by atoms with Crippen LogP contribution in [0, 0.1) is 6.92 Å². The SMILES string of the molecule is Cc1coc(NC(=O)c2ccccc2C(=O)O)n1. The van der Waals surface area contributed by atoms with E-state index in [1.807, 2.05) is 0 Å². The number of carboxylic acids is 1. The number of hydrogen-bond acceptors (Lipinski definition) is 4. The van der Waals surface area contributed by atoms with Crippen LogP contribution in [0.3, 0.4) is 0 Å². The van der Waals surface area contributed by atoms with Gasteiger partial charge in [-0.2, -0.15) is 4.98 Å². The van der Waals surface area contributed by atoms with E-state index in [2.05, 4.69) is 10.3 Å². The number of carbonyl (C=O) groups is 2. The van der Waals surface area contributed by atoms with E-state index in [0.717, 1.165) is 0 Å². The summed E-state index contributed by atoms with van der Waals surface area (Å²) >= 11 is 0. The first-order valence-corrected chi connectivity index (χ1v) is 5.13. The molecule has 0 aliphatic carbocycles. The second-order valence-corrected chi connectivity index (χ2v) is 3.60. The summed E-state index contributed by atoms with van der Waals surface area (Å²) in [6.07, 6.45) is 1.39. The summed E-state index contributed by atoms with van der Waals surface area (Å²) in [6.45, 7) is 1.71. The number of aromatic carboxylic acids is 1. The third kappa shape index (κ3) is 2.37. The fourth-order valence-corrected chi connectivity index (χ4v) is 1.44. The van der Waals surface area contributed by atoms with Crippen molar-refractivity contribution in [1.82, 2.24) is 4.98 Å². The number of carboxylic acid groups (broad SMARTS) is 1. The average Bonchev–Trinajstić information content (AvgIpc) is 2.74. The van der Waals surface area contributed by atoms with Gasteiger partial charge in [0, 0.05) is 0 Å². The summed E-state index contributed by atoms with van der Waals surface area (Å²) in [5.41, 5.74) is 0.607. The Balaban J connectivity index is 2.26. The number of rotatable bonds is 3. The Morgan fingerprint density at radius 3 is 2.50 bits per heavy atom. The Kier molecular flexibility index (Phi) is 3.09. The standard InChI is InChI=1S/C12H10N2O4/c1-7-6-18-12(13-7)14-10(15)8-4-2-3-5-9(8)11(16)17/h2-6H,1H3,(H,16,17)(H,13,14,15). The average molecular weight is 246 g/mol. The Labute approximate surface area is 102 Å². The lowest BCUT2D eigenvalue weighted by Crippen LogP contribution is -2.16. The molecule has 18 heavy (non-hydrogen) atoms. The van der Waals surface area contributed by atoms with Crippen LogP contribution in [0.4, 0.5) is 6.01 Å². The van der Waals surface area contributed by atoms with Gasteiger partial charge < -0.3 is 9.52 Å². The molecule has 2 rings (SSSR count). The maximum absolute atomic E-state index is 11.9. The van der Waals surface area contributed by atoms with Crippen LogP contribution in [0.25, 0.3) is 0 Å². The van der Waals surface area contributed by atoms with Gasteiger partial charge in [0.15, 0.2) is 0 Å². The number of anilines is 1. The number of hydrogen-bond donors (Lipinski definition) is 2. The molecular weight excluding hydrogens is 236 g/mol. The lowest BCUT2D eigenvalue weighted by atomic mass is 10.1. The van der Waals surface area contributed by atoms with E-state index < -0.39 is 11.9 Å². The summed E-state index contributed by atoms with van der Waals surface area (Å²) in [7, 11) is 0. The minimum absolute atomic E-state index is 0.0395. The van der Waals surface area contributed by atoms with Gasteiger partial charge in [0.1, 0.15) is 6.26 Å². The Morgan fingerprint density at radius 2 is 1.94 bits per heavy atom. The molecule has 1 heterocycles. The Morgan fingerprint density at radius 1 is 1.28 bits per heavy atom. The van der Waals surface area contributed by atoms with Crippen molar-refractivity contribution >= 4 is 17.9 Å². The van der Waals surface area contributed by atoms with Gasteiger partial charge in [0.05, 0.1) is 16.8 Å². The van der Waals surface area contributed by atoms with E-state index in [1.165, 1.54) is 18.4 Å². The highest BCUT2D eigenvalue weighted by atomic mass is 16.4. The monoisotopic (exact) mass is 246 g/mol. The van der Waals surface area contributed by atoms with Crippen LogP contribution in [0.5, 0.6) is 0 Å². The van der Waals surface area contributed by atoms with Gasteiger partial charge in [-0.3, -0.25) is 10.1 Å². The van der Waals surface area contributed by atoms with Crippen LogP contribution in [0.15, 0.2) is 34.9 Å². The molecule has 1 aromatic carbocycles. The zero-order chi connectivity index (χ0) is 13.1. The summed E-state index contributed by atoms with van der Waals surface area (Å²) in [4.78, 5) is 26.7. The topological polar surface area (TPSA) is 92.4 Å².